The number of likely N-dealkylation sites (tertiary alicyclic amines) is 1. The van der Waals surface area contributed by atoms with Crippen LogP contribution in [-0.4, -0.2) is 42.6 Å². The molecule has 0 spiro atoms. The number of amides is 1. The Hall–Kier alpha value is -0.320. The predicted molar refractivity (Wildman–Crippen MR) is 109 cm³/mol. The normalized spacial score (nSPS) is 29.8. The lowest BCUT2D eigenvalue weighted by Crippen LogP contribution is -2.45. The molecular formula is C21H39ClN2O2. The van der Waals surface area contributed by atoms with Gasteiger partial charge in [0.05, 0.1) is 12.2 Å². The number of ether oxygens (including phenoxy) is 1. The molecule has 0 aromatic carbocycles. The molecular weight excluding hydrogens is 348 g/mol. The topological polar surface area (TPSA) is 55.6 Å². The molecule has 0 aromatic rings. The third kappa shape index (κ3) is 5.84. The molecule has 26 heavy (non-hydrogen) atoms. The zero-order valence-corrected chi connectivity index (χ0v) is 17.4. The highest BCUT2D eigenvalue weighted by atomic mass is 35.5. The number of rotatable bonds is 5. The van der Waals surface area contributed by atoms with Gasteiger partial charge in [0, 0.05) is 19.5 Å². The summed E-state index contributed by atoms with van der Waals surface area (Å²) in [5, 5.41) is 0. The molecule has 1 aliphatic heterocycles. The summed E-state index contributed by atoms with van der Waals surface area (Å²) in [6.45, 7) is 4.75. The van der Waals surface area contributed by atoms with Gasteiger partial charge in [-0.25, -0.2) is 0 Å². The lowest BCUT2D eigenvalue weighted by molar-refractivity contribution is -0.138. The molecule has 1 heterocycles. The molecule has 0 radical (unpaired) electrons. The van der Waals surface area contributed by atoms with Crippen molar-refractivity contribution >= 4 is 18.3 Å². The molecule has 1 amide bonds. The third-order valence-corrected chi connectivity index (χ3v) is 7.02. The van der Waals surface area contributed by atoms with Gasteiger partial charge >= 0.3 is 0 Å². The number of nitrogens with zero attached hydrogens (tertiary/aromatic N) is 1. The van der Waals surface area contributed by atoms with E-state index in [1.165, 1.54) is 44.9 Å². The van der Waals surface area contributed by atoms with Crippen molar-refractivity contribution in [3.8, 4) is 0 Å². The second-order valence-corrected chi connectivity index (χ2v) is 9.04. The number of nitrogens with two attached hydrogens (primary N) is 1. The van der Waals surface area contributed by atoms with Gasteiger partial charge in [0.1, 0.15) is 0 Å². The van der Waals surface area contributed by atoms with Gasteiger partial charge in [-0.15, -0.1) is 12.4 Å². The average molecular weight is 387 g/mol. The van der Waals surface area contributed by atoms with Crippen LogP contribution in [0.1, 0.15) is 84.0 Å². The fraction of sp³-hybridized carbons (Fsp3) is 0.952. The van der Waals surface area contributed by atoms with Crippen LogP contribution in [0.4, 0.5) is 0 Å². The van der Waals surface area contributed by atoms with E-state index in [2.05, 4.69) is 11.8 Å². The molecule has 3 fully saturated rings. The van der Waals surface area contributed by atoms with Crippen LogP contribution >= 0.6 is 12.4 Å². The SMILES string of the molecule is CC1CCC(OC2CCN(C(=O)CC3(CN)CCCCC3)CC2)CC1.Cl. The first-order valence-electron chi connectivity index (χ1n) is 10.7. The van der Waals surface area contributed by atoms with E-state index >= 15 is 0 Å². The zero-order valence-electron chi connectivity index (χ0n) is 16.6. The minimum Gasteiger partial charge on any atom is -0.375 e. The van der Waals surface area contributed by atoms with Crippen molar-refractivity contribution in [2.45, 2.75) is 96.2 Å². The van der Waals surface area contributed by atoms with Gasteiger partial charge in [-0.2, -0.15) is 0 Å². The predicted octanol–water partition coefficient (Wildman–Crippen LogP) is 4.29. The molecule has 1 saturated heterocycles. The smallest absolute Gasteiger partial charge is 0.223 e. The Balaban J connectivity index is 0.00000243. The molecule has 0 atom stereocenters. The molecule has 0 bridgehead atoms. The van der Waals surface area contributed by atoms with E-state index in [0.29, 0.717) is 31.1 Å². The maximum Gasteiger partial charge on any atom is 0.223 e. The van der Waals surface area contributed by atoms with Crippen LogP contribution in [0.2, 0.25) is 0 Å². The molecule has 2 N–H and O–H groups in total. The van der Waals surface area contributed by atoms with Crippen LogP contribution in [0.3, 0.4) is 0 Å². The highest BCUT2D eigenvalue weighted by molar-refractivity contribution is 5.85. The van der Waals surface area contributed by atoms with E-state index in [9.17, 15) is 4.79 Å². The van der Waals surface area contributed by atoms with Crippen LogP contribution in [0.5, 0.6) is 0 Å². The van der Waals surface area contributed by atoms with E-state index in [-0.39, 0.29) is 17.8 Å². The lowest BCUT2D eigenvalue weighted by Gasteiger charge is -2.39. The molecule has 3 rings (SSSR count). The summed E-state index contributed by atoms with van der Waals surface area (Å²) in [6, 6.07) is 0. The Morgan fingerprint density at radius 3 is 2.15 bits per heavy atom. The summed E-state index contributed by atoms with van der Waals surface area (Å²) < 4.78 is 6.34. The van der Waals surface area contributed by atoms with E-state index in [4.69, 9.17) is 10.5 Å². The van der Waals surface area contributed by atoms with Crippen molar-refractivity contribution in [2.75, 3.05) is 19.6 Å². The van der Waals surface area contributed by atoms with Gasteiger partial charge in [-0.1, -0.05) is 26.2 Å². The first kappa shape index (κ1) is 22.0. The summed E-state index contributed by atoms with van der Waals surface area (Å²) >= 11 is 0. The van der Waals surface area contributed by atoms with Crippen LogP contribution in [0.25, 0.3) is 0 Å². The largest absolute Gasteiger partial charge is 0.375 e. The van der Waals surface area contributed by atoms with Gasteiger partial charge in [-0.3, -0.25) is 4.79 Å². The molecule has 2 aliphatic carbocycles. The summed E-state index contributed by atoms with van der Waals surface area (Å²) in [4.78, 5) is 14.9. The maximum absolute atomic E-state index is 12.8. The Bertz CT molecular complexity index is 424. The number of halogens is 1. The number of carbonyl (C=O) groups excluding carboxylic acids is 1. The molecule has 0 unspecified atom stereocenters. The van der Waals surface area contributed by atoms with Crippen LogP contribution in [0, 0.1) is 11.3 Å². The third-order valence-electron chi connectivity index (χ3n) is 7.02. The van der Waals surface area contributed by atoms with Crippen molar-refractivity contribution < 1.29 is 9.53 Å². The standard InChI is InChI=1S/C21H38N2O2.ClH/c1-17-5-7-18(8-6-17)25-19-9-13-23(14-10-19)20(24)15-21(16-22)11-3-2-4-12-21;/h17-19H,2-16,22H2,1H3;1H. The summed E-state index contributed by atoms with van der Waals surface area (Å²) in [5.41, 5.74) is 6.15. The summed E-state index contributed by atoms with van der Waals surface area (Å²) in [7, 11) is 0. The first-order valence-corrected chi connectivity index (χ1v) is 10.7. The number of hydrogen-bond acceptors (Lipinski definition) is 3. The number of hydrogen-bond donors (Lipinski definition) is 1. The van der Waals surface area contributed by atoms with Crippen molar-refractivity contribution in [2.24, 2.45) is 17.1 Å². The van der Waals surface area contributed by atoms with Crippen molar-refractivity contribution in [3.63, 3.8) is 0 Å². The average Bonchev–Trinajstić information content (AvgIpc) is 2.65. The Morgan fingerprint density at radius 1 is 1.00 bits per heavy atom. The fourth-order valence-electron chi connectivity index (χ4n) is 5.07. The van der Waals surface area contributed by atoms with E-state index in [0.717, 1.165) is 44.7 Å². The molecule has 4 nitrogen and oxygen atoms in total. The second kappa shape index (κ2) is 10.3. The van der Waals surface area contributed by atoms with Crippen molar-refractivity contribution in [1.82, 2.24) is 4.90 Å². The molecule has 5 heteroatoms. The Morgan fingerprint density at radius 2 is 1.58 bits per heavy atom. The zero-order chi connectivity index (χ0) is 17.7. The number of carbonyl (C=O) groups is 1. The highest BCUT2D eigenvalue weighted by Crippen LogP contribution is 2.39. The van der Waals surface area contributed by atoms with Gasteiger partial charge in [0.25, 0.3) is 0 Å². The van der Waals surface area contributed by atoms with Crippen LogP contribution < -0.4 is 5.73 Å². The van der Waals surface area contributed by atoms with E-state index in [1.54, 1.807) is 0 Å². The van der Waals surface area contributed by atoms with Crippen LogP contribution in [-0.2, 0) is 9.53 Å². The summed E-state index contributed by atoms with van der Waals surface area (Å²) in [5.74, 6) is 1.20. The molecule has 2 saturated carbocycles. The van der Waals surface area contributed by atoms with Gasteiger partial charge < -0.3 is 15.4 Å². The summed E-state index contributed by atoms with van der Waals surface area (Å²) in [6.07, 6.45) is 14.6. The van der Waals surface area contributed by atoms with Crippen LogP contribution in [0.15, 0.2) is 0 Å². The molecule has 152 valence electrons. The molecule has 3 aliphatic rings. The Kier molecular flexibility index (Phi) is 8.69. The monoisotopic (exact) mass is 386 g/mol. The number of piperidine rings is 1. The first-order chi connectivity index (χ1) is 12.1. The van der Waals surface area contributed by atoms with Crippen molar-refractivity contribution in [3.05, 3.63) is 0 Å². The van der Waals surface area contributed by atoms with Gasteiger partial charge in [0.15, 0.2) is 0 Å². The lowest BCUT2D eigenvalue weighted by atomic mass is 9.71. The van der Waals surface area contributed by atoms with Gasteiger partial charge in [0.2, 0.25) is 5.91 Å². The highest BCUT2D eigenvalue weighted by Gasteiger charge is 2.35. The van der Waals surface area contributed by atoms with E-state index < -0.39 is 0 Å². The fourth-order valence-corrected chi connectivity index (χ4v) is 5.07. The molecule has 0 aromatic heterocycles. The Labute approximate surface area is 166 Å². The minimum absolute atomic E-state index is 0. The minimum atomic E-state index is 0. The van der Waals surface area contributed by atoms with Crippen molar-refractivity contribution in [1.29, 1.82) is 0 Å². The second-order valence-electron chi connectivity index (χ2n) is 9.04. The van der Waals surface area contributed by atoms with Gasteiger partial charge in [-0.05, 0) is 69.2 Å². The van der Waals surface area contributed by atoms with E-state index in [1.807, 2.05) is 0 Å². The quantitative estimate of drug-likeness (QED) is 0.766. The maximum atomic E-state index is 12.8.